The number of hydrogen-bond donors (Lipinski definition) is 0. The third-order valence-corrected chi connectivity index (χ3v) is 7.00. The summed E-state index contributed by atoms with van der Waals surface area (Å²) < 4.78 is 52.1. The summed E-state index contributed by atoms with van der Waals surface area (Å²) in [5.74, 6) is -1.64. The molecule has 3 aliphatic rings. The van der Waals surface area contributed by atoms with E-state index < -0.39 is 29.5 Å². The Morgan fingerprint density at radius 2 is 1.94 bits per heavy atom. The highest BCUT2D eigenvalue weighted by atomic mass is 19.1. The van der Waals surface area contributed by atoms with E-state index in [0.717, 1.165) is 17.0 Å². The first-order chi connectivity index (χ1) is 16.3. The summed E-state index contributed by atoms with van der Waals surface area (Å²) in [6.07, 6.45) is 3.12. The van der Waals surface area contributed by atoms with Crippen LogP contribution in [-0.2, 0) is 17.0 Å². The maximum atomic E-state index is 15.3. The molecule has 1 amide bonds. The van der Waals surface area contributed by atoms with Crippen molar-refractivity contribution in [1.29, 1.82) is 0 Å². The van der Waals surface area contributed by atoms with Crippen LogP contribution >= 0.6 is 0 Å². The first-order valence-electron chi connectivity index (χ1n) is 11.0. The lowest BCUT2D eigenvalue weighted by molar-refractivity contribution is 0.129. The van der Waals surface area contributed by atoms with E-state index in [2.05, 4.69) is 20.2 Å². The van der Waals surface area contributed by atoms with Crippen molar-refractivity contribution in [3.63, 3.8) is 0 Å². The van der Waals surface area contributed by atoms with Gasteiger partial charge in [-0.2, -0.15) is 0 Å². The largest absolute Gasteiger partial charge is 0.442 e. The van der Waals surface area contributed by atoms with Gasteiger partial charge >= 0.3 is 6.09 Å². The maximum Gasteiger partial charge on any atom is 0.414 e. The molecule has 4 heterocycles. The van der Waals surface area contributed by atoms with E-state index in [9.17, 15) is 9.18 Å². The minimum absolute atomic E-state index is 0.0179. The molecule has 0 radical (unpaired) electrons. The van der Waals surface area contributed by atoms with Gasteiger partial charge in [-0.1, -0.05) is 11.3 Å². The topological polar surface area (TPSA) is 76.4 Å². The summed E-state index contributed by atoms with van der Waals surface area (Å²) >= 11 is 0. The lowest BCUT2D eigenvalue weighted by Crippen LogP contribution is -2.27. The minimum Gasteiger partial charge on any atom is -0.442 e. The second kappa shape index (κ2) is 7.52. The molecule has 1 aromatic carbocycles. The van der Waals surface area contributed by atoms with E-state index in [0.29, 0.717) is 24.3 Å². The molecule has 1 saturated carbocycles. The molecule has 1 aliphatic carbocycles. The first-order valence-corrected chi connectivity index (χ1v) is 11.0. The highest BCUT2D eigenvalue weighted by Crippen LogP contribution is 2.63. The number of nitrogens with zero attached hydrogens (tertiary/aromatic N) is 6. The number of halogens is 3. The highest BCUT2D eigenvalue weighted by molar-refractivity contribution is 5.90. The number of pyridine rings is 1. The fourth-order valence-electron chi connectivity index (χ4n) is 5.24. The molecule has 8 nitrogen and oxygen atoms in total. The van der Waals surface area contributed by atoms with E-state index in [1.807, 2.05) is 7.05 Å². The summed E-state index contributed by atoms with van der Waals surface area (Å²) in [4.78, 5) is 19.7. The third-order valence-electron chi connectivity index (χ3n) is 7.00. The second-order valence-electron chi connectivity index (χ2n) is 9.16. The SMILES string of the molecule is CN1C[C@@H]2[C@H](C1)C2(F)c1ccc(-c2cc(F)c(N3C[C@H](Cn4ccnn4)OC3=O)cc2F)cn1. The third kappa shape index (κ3) is 3.25. The number of piperidine rings is 1. The van der Waals surface area contributed by atoms with E-state index in [4.69, 9.17) is 4.74 Å². The van der Waals surface area contributed by atoms with Gasteiger partial charge in [0.1, 0.15) is 17.7 Å². The molecular weight excluding hydrogens is 449 g/mol. The number of carbonyl (C=O) groups is 1. The van der Waals surface area contributed by atoms with Crippen molar-refractivity contribution in [2.24, 2.45) is 11.8 Å². The zero-order valence-electron chi connectivity index (χ0n) is 18.2. The molecule has 11 heteroatoms. The van der Waals surface area contributed by atoms with E-state index in [1.54, 1.807) is 18.3 Å². The van der Waals surface area contributed by atoms with Crippen LogP contribution in [0.5, 0.6) is 0 Å². The fourth-order valence-corrected chi connectivity index (χ4v) is 5.24. The van der Waals surface area contributed by atoms with Crippen LogP contribution in [0.15, 0.2) is 42.9 Å². The molecule has 34 heavy (non-hydrogen) atoms. The normalized spacial score (nSPS) is 28.3. The molecule has 2 saturated heterocycles. The number of amides is 1. The van der Waals surface area contributed by atoms with Crippen LogP contribution < -0.4 is 4.90 Å². The second-order valence-corrected chi connectivity index (χ2v) is 9.16. The molecule has 176 valence electrons. The van der Waals surface area contributed by atoms with E-state index in [-0.39, 0.29) is 36.2 Å². The maximum absolute atomic E-state index is 15.3. The van der Waals surface area contributed by atoms with Crippen molar-refractivity contribution < 1.29 is 22.7 Å². The van der Waals surface area contributed by atoms with Crippen LogP contribution in [0.4, 0.5) is 23.7 Å². The zero-order chi connectivity index (χ0) is 23.6. The van der Waals surface area contributed by atoms with Gasteiger partial charge in [0.2, 0.25) is 0 Å². The van der Waals surface area contributed by atoms with Crippen LogP contribution in [0, 0.1) is 23.5 Å². The van der Waals surface area contributed by atoms with E-state index >= 15 is 8.78 Å². The van der Waals surface area contributed by atoms with Gasteiger partial charge < -0.3 is 9.64 Å². The number of cyclic esters (lactones) is 1. The van der Waals surface area contributed by atoms with Gasteiger partial charge in [0.15, 0.2) is 5.67 Å². The fraction of sp³-hybridized carbons (Fsp3) is 0.391. The molecule has 6 rings (SSSR count). The van der Waals surface area contributed by atoms with Crippen molar-refractivity contribution in [1.82, 2.24) is 24.9 Å². The molecule has 3 fully saturated rings. The molecule has 0 spiro atoms. The van der Waals surface area contributed by atoms with Gasteiger partial charge in [0.05, 0.1) is 30.7 Å². The summed E-state index contributed by atoms with van der Waals surface area (Å²) in [5.41, 5.74) is -1.02. The van der Waals surface area contributed by atoms with Gasteiger partial charge in [-0.05, 0) is 19.2 Å². The van der Waals surface area contributed by atoms with Gasteiger partial charge in [0, 0.05) is 54.5 Å². The van der Waals surface area contributed by atoms with Crippen molar-refractivity contribution >= 4 is 11.8 Å². The van der Waals surface area contributed by atoms with Crippen molar-refractivity contribution in [3.05, 3.63) is 60.2 Å². The van der Waals surface area contributed by atoms with Gasteiger partial charge in [-0.25, -0.2) is 22.6 Å². The minimum atomic E-state index is -1.45. The molecule has 1 unspecified atom stereocenters. The number of rotatable bonds is 5. The number of benzene rings is 1. The summed E-state index contributed by atoms with van der Waals surface area (Å²) in [6.45, 7) is 1.66. The molecule has 2 aromatic heterocycles. The Morgan fingerprint density at radius 1 is 1.15 bits per heavy atom. The van der Waals surface area contributed by atoms with Gasteiger partial charge in [-0.3, -0.25) is 9.88 Å². The van der Waals surface area contributed by atoms with Crippen LogP contribution in [0.2, 0.25) is 0 Å². The Hall–Kier alpha value is -3.47. The number of carbonyl (C=O) groups excluding carboxylic acids is 1. The van der Waals surface area contributed by atoms with Crippen molar-refractivity contribution in [3.8, 4) is 11.1 Å². The number of alkyl halides is 1. The predicted molar refractivity (Wildman–Crippen MR) is 114 cm³/mol. The van der Waals surface area contributed by atoms with Crippen molar-refractivity contribution in [2.75, 3.05) is 31.6 Å². The molecule has 2 aliphatic heterocycles. The zero-order valence-corrected chi connectivity index (χ0v) is 18.2. The summed E-state index contributed by atoms with van der Waals surface area (Å²) in [7, 11) is 1.96. The smallest absolute Gasteiger partial charge is 0.414 e. The van der Waals surface area contributed by atoms with Gasteiger partial charge in [-0.15, -0.1) is 5.10 Å². The number of ether oxygens (including phenoxy) is 1. The quantitative estimate of drug-likeness (QED) is 0.571. The van der Waals surface area contributed by atoms with E-state index in [1.165, 1.54) is 17.1 Å². The molecule has 0 N–H and O–H groups in total. The lowest BCUT2D eigenvalue weighted by Gasteiger charge is -2.18. The van der Waals surface area contributed by atoms with Crippen LogP contribution in [0.1, 0.15) is 5.69 Å². The van der Waals surface area contributed by atoms with Crippen molar-refractivity contribution in [2.45, 2.75) is 18.3 Å². The number of hydrogen-bond acceptors (Lipinski definition) is 6. The Labute approximate surface area is 192 Å². The number of likely N-dealkylation sites (tertiary alicyclic amines) is 1. The average molecular weight is 470 g/mol. The Morgan fingerprint density at radius 3 is 2.62 bits per heavy atom. The number of fused-ring (bicyclic) bond motifs is 1. The van der Waals surface area contributed by atoms with Gasteiger partial charge in [0.25, 0.3) is 0 Å². The molecular formula is C23H21F3N6O2. The first kappa shape index (κ1) is 21.1. The van der Waals surface area contributed by atoms with Crippen LogP contribution in [0.3, 0.4) is 0 Å². The summed E-state index contributed by atoms with van der Waals surface area (Å²) in [5, 5.41) is 7.50. The average Bonchev–Trinajstić information content (AvgIpc) is 3.34. The van der Waals surface area contributed by atoms with Crippen LogP contribution in [-0.4, -0.2) is 63.8 Å². The molecule has 0 bridgehead atoms. The monoisotopic (exact) mass is 470 g/mol. The highest BCUT2D eigenvalue weighted by Gasteiger charge is 2.70. The molecule has 3 aromatic rings. The molecule has 4 atom stereocenters. The standard InChI is InChI=1S/C23H21F3N6O2/c1-30-11-16-17(12-30)23(16,26)21-3-2-13(8-27-21)15-6-19(25)20(7-18(15)24)32-10-14(34-22(32)33)9-31-5-4-28-29-31/h2-8,14,16-17H,9-12H2,1H3/t14-,16-,17+,23?/m0/s1. The number of anilines is 1. The van der Waals surface area contributed by atoms with Crippen LogP contribution in [0.25, 0.3) is 11.1 Å². The lowest BCUT2D eigenvalue weighted by atomic mass is 10.0. The number of aromatic nitrogens is 4. The predicted octanol–water partition coefficient (Wildman–Crippen LogP) is 3.00. The Kier molecular flexibility index (Phi) is 4.67. The Balaban J connectivity index is 1.21. The summed E-state index contributed by atoms with van der Waals surface area (Å²) in [6, 6.07) is 5.09. The Bertz CT molecular complexity index is 1240.